The molecule has 0 bridgehead atoms. The zero-order chi connectivity index (χ0) is 32.8. The SMILES string of the molecule is c1ccc2cc(-n3c4ccccc4c4cc(-c5c6ccccc6cc6c7ccccc7n(-c7ccc8ccccc8c7)c56)ccc43)ccc2c1. The molecule has 0 atom stereocenters. The van der Waals surface area contributed by atoms with Crippen LogP contribution in [0, 0.1) is 0 Å². The summed E-state index contributed by atoms with van der Waals surface area (Å²) in [5.41, 5.74) is 9.67. The molecule has 0 radical (unpaired) electrons. The molecule has 0 N–H and O–H groups in total. The molecule has 50 heavy (non-hydrogen) atoms. The summed E-state index contributed by atoms with van der Waals surface area (Å²) in [6, 6.07) is 66.9. The van der Waals surface area contributed by atoms with Gasteiger partial charge in [0.2, 0.25) is 0 Å². The summed E-state index contributed by atoms with van der Waals surface area (Å²) < 4.78 is 4.91. The highest BCUT2D eigenvalue weighted by atomic mass is 15.0. The second-order valence-corrected chi connectivity index (χ2v) is 13.4. The van der Waals surface area contributed by atoms with E-state index in [2.05, 4.69) is 191 Å². The molecule has 0 amide bonds. The quantitative estimate of drug-likeness (QED) is 0.183. The summed E-state index contributed by atoms with van der Waals surface area (Å²) in [5.74, 6) is 0. The molecule has 11 rings (SSSR count). The molecule has 2 heterocycles. The summed E-state index contributed by atoms with van der Waals surface area (Å²) in [6.07, 6.45) is 0. The van der Waals surface area contributed by atoms with Gasteiger partial charge in [-0.2, -0.15) is 0 Å². The van der Waals surface area contributed by atoms with Gasteiger partial charge in [-0.3, -0.25) is 0 Å². The summed E-state index contributed by atoms with van der Waals surface area (Å²) in [4.78, 5) is 0. The van der Waals surface area contributed by atoms with Crippen molar-refractivity contribution in [2.24, 2.45) is 0 Å². The van der Waals surface area contributed by atoms with Gasteiger partial charge < -0.3 is 9.13 Å². The fraction of sp³-hybridized carbons (Fsp3) is 0. The molecule has 0 unspecified atom stereocenters. The largest absolute Gasteiger partial charge is 0.309 e. The lowest BCUT2D eigenvalue weighted by molar-refractivity contribution is 1.18. The maximum atomic E-state index is 2.49. The van der Waals surface area contributed by atoms with Crippen LogP contribution in [0.15, 0.2) is 182 Å². The molecule has 0 spiro atoms. The first kappa shape index (κ1) is 27.3. The highest BCUT2D eigenvalue weighted by Gasteiger charge is 2.21. The lowest BCUT2D eigenvalue weighted by Crippen LogP contribution is -1.97. The van der Waals surface area contributed by atoms with Gasteiger partial charge in [-0.25, -0.2) is 0 Å². The predicted octanol–water partition coefficient (Wildman–Crippen LogP) is 13.0. The molecule has 0 saturated carbocycles. The Labute approximate surface area is 288 Å². The molecule has 11 aromatic rings. The van der Waals surface area contributed by atoms with E-state index < -0.39 is 0 Å². The number of benzene rings is 9. The maximum Gasteiger partial charge on any atom is 0.0625 e. The van der Waals surface area contributed by atoms with Crippen molar-refractivity contribution in [1.29, 1.82) is 0 Å². The van der Waals surface area contributed by atoms with Gasteiger partial charge in [0, 0.05) is 38.5 Å². The van der Waals surface area contributed by atoms with Crippen LogP contribution in [-0.4, -0.2) is 9.13 Å². The van der Waals surface area contributed by atoms with Crippen LogP contribution in [0.4, 0.5) is 0 Å². The molecular formula is C48H30N2. The molecule has 9 aromatic carbocycles. The van der Waals surface area contributed by atoms with Crippen LogP contribution in [0.1, 0.15) is 0 Å². The van der Waals surface area contributed by atoms with Crippen LogP contribution >= 0.6 is 0 Å². The van der Waals surface area contributed by atoms with Crippen LogP contribution < -0.4 is 0 Å². The maximum absolute atomic E-state index is 2.49. The van der Waals surface area contributed by atoms with Crippen molar-refractivity contribution in [2.45, 2.75) is 0 Å². The minimum Gasteiger partial charge on any atom is -0.309 e. The normalized spacial score (nSPS) is 12.0. The zero-order valence-electron chi connectivity index (χ0n) is 27.2. The molecule has 0 saturated heterocycles. The first-order valence-corrected chi connectivity index (χ1v) is 17.3. The lowest BCUT2D eigenvalue weighted by atomic mass is 9.93. The first-order chi connectivity index (χ1) is 24.8. The number of fused-ring (bicyclic) bond motifs is 9. The number of hydrogen-bond donors (Lipinski definition) is 0. The van der Waals surface area contributed by atoms with E-state index in [0.29, 0.717) is 0 Å². The summed E-state index contributed by atoms with van der Waals surface area (Å²) in [6.45, 7) is 0. The Morgan fingerprint density at radius 2 is 0.780 bits per heavy atom. The third-order valence-electron chi connectivity index (χ3n) is 10.6. The Morgan fingerprint density at radius 3 is 1.46 bits per heavy atom. The molecule has 0 aliphatic heterocycles. The minimum atomic E-state index is 1.17. The van der Waals surface area contributed by atoms with Gasteiger partial charge in [-0.05, 0) is 92.5 Å². The van der Waals surface area contributed by atoms with Crippen LogP contribution in [0.5, 0.6) is 0 Å². The van der Waals surface area contributed by atoms with E-state index in [9.17, 15) is 0 Å². The Bertz CT molecular complexity index is 3160. The number of para-hydroxylation sites is 2. The van der Waals surface area contributed by atoms with E-state index in [-0.39, 0.29) is 0 Å². The number of nitrogens with zero attached hydrogens (tertiary/aromatic N) is 2. The molecule has 232 valence electrons. The van der Waals surface area contributed by atoms with Crippen molar-refractivity contribution in [3.05, 3.63) is 182 Å². The van der Waals surface area contributed by atoms with Crippen molar-refractivity contribution in [1.82, 2.24) is 9.13 Å². The number of rotatable bonds is 3. The smallest absolute Gasteiger partial charge is 0.0625 e. The Balaban J connectivity index is 1.25. The Hall–Kier alpha value is -6.64. The fourth-order valence-electron chi connectivity index (χ4n) is 8.39. The van der Waals surface area contributed by atoms with E-state index >= 15 is 0 Å². The molecular weight excluding hydrogens is 605 g/mol. The first-order valence-electron chi connectivity index (χ1n) is 17.3. The van der Waals surface area contributed by atoms with Gasteiger partial charge in [0.1, 0.15) is 0 Å². The average Bonchev–Trinajstić information content (AvgIpc) is 3.69. The molecule has 2 nitrogen and oxygen atoms in total. The molecule has 0 fully saturated rings. The standard InChI is InChI=1S/C48H30N2/c1-3-13-33-27-37(24-21-31(33)11-1)49-44-19-9-7-17-40(44)42-30-36(23-26-46(42)49)47-39-16-6-5-15-35(39)29-43-41-18-8-10-20-45(41)50(48(43)47)38-25-22-32-12-2-4-14-34(32)28-38/h1-30H. The highest BCUT2D eigenvalue weighted by Crippen LogP contribution is 2.44. The Morgan fingerprint density at radius 1 is 0.280 bits per heavy atom. The summed E-state index contributed by atoms with van der Waals surface area (Å²) in [5, 5.41) is 12.5. The minimum absolute atomic E-state index is 1.17. The number of hydrogen-bond acceptors (Lipinski definition) is 0. The van der Waals surface area contributed by atoms with E-state index in [0.717, 1.165) is 0 Å². The van der Waals surface area contributed by atoms with Crippen LogP contribution in [-0.2, 0) is 0 Å². The average molecular weight is 635 g/mol. The van der Waals surface area contributed by atoms with E-state index in [4.69, 9.17) is 0 Å². The Kier molecular flexibility index (Phi) is 5.70. The summed E-state index contributed by atoms with van der Waals surface area (Å²) >= 11 is 0. The monoisotopic (exact) mass is 634 g/mol. The van der Waals surface area contributed by atoms with Crippen LogP contribution in [0.2, 0.25) is 0 Å². The third kappa shape index (κ3) is 3.90. The van der Waals surface area contributed by atoms with Crippen molar-refractivity contribution in [3.8, 4) is 22.5 Å². The van der Waals surface area contributed by atoms with Crippen molar-refractivity contribution >= 4 is 75.9 Å². The highest BCUT2D eigenvalue weighted by molar-refractivity contribution is 6.22. The topological polar surface area (TPSA) is 9.86 Å². The van der Waals surface area contributed by atoms with Crippen molar-refractivity contribution in [2.75, 3.05) is 0 Å². The van der Waals surface area contributed by atoms with Gasteiger partial charge in [-0.1, -0.05) is 127 Å². The molecule has 0 aliphatic carbocycles. The van der Waals surface area contributed by atoms with Crippen molar-refractivity contribution < 1.29 is 0 Å². The second kappa shape index (κ2) is 10.4. The molecule has 2 heteroatoms. The van der Waals surface area contributed by atoms with Crippen molar-refractivity contribution in [3.63, 3.8) is 0 Å². The summed E-state index contributed by atoms with van der Waals surface area (Å²) in [7, 11) is 0. The van der Waals surface area contributed by atoms with Gasteiger partial charge in [0.05, 0.1) is 22.1 Å². The molecule has 0 aliphatic rings. The van der Waals surface area contributed by atoms with Gasteiger partial charge in [-0.15, -0.1) is 0 Å². The predicted molar refractivity (Wildman–Crippen MR) is 213 cm³/mol. The van der Waals surface area contributed by atoms with Crippen LogP contribution in [0.25, 0.3) is 98.4 Å². The second-order valence-electron chi connectivity index (χ2n) is 13.4. The van der Waals surface area contributed by atoms with E-state index in [1.165, 1.54) is 98.4 Å². The zero-order valence-corrected chi connectivity index (χ0v) is 27.2. The molecule has 2 aromatic heterocycles. The third-order valence-corrected chi connectivity index (χ3v) is 10.6. The lowest BCUT2D eigenvalue weighted by Gasteiger charge is -2.15. The number of aromatic nitrogens is 2. The van der Waals surface area contributed by atoms with Crippen LogP contribution in [0.3, 0.4) is 0 Å². The van der Waals surface area contributed by atoms with E-state index in [1.807, 2.05) is 0 Å². The van der Waals surface area contributed by atoms with Gasteiger partial charge in [0.25, 0.3) is 0 Å². The van der Waals surface area contributed by atoms with Gasteiger partial charge >= 0.3 is 0 Å². The fourth-order valence-corrected chi connectivity index (χ4v) is 8.39. The van der Waals surface area contributed by atoms with E-state index in [1.54, 1.807) is 0 Å². The van der Waals surface area contributed by atoms with Gasteiger partial charge in [0.15, 0.2) is 0 Å².